The van der Waals surface area contributed by atoms with Crippen LogP contribution in [-0.4, -0.2) is 31.4 Å². The summed E-state index contributed by atoms with van der Waals surface area (Å²) in [6.45, 7) is 10.6. The standard InChI is InChI=1S/C30H30ClN5O2S2/c1-6-36-28(20(5)38-23-14-18(3)27(31)19(4)15-23)34-35-30(36)39-16-26(37)32-22-10-8-21(9-11-22)29-33-24-12-7-17(2)13-25(24)40-29/h7-15,20H,6,16H2,1-5H3,(H,32,37). The molecule has 1 N–H and O–H groups in total. The third-order valence-corrected chi connectivity index (χ3v) is 9.07. The van der Waals surface area contributed by atoms with E-state index in [1.807, 2.05) is 74.7 Å². The number of fused-ring (bicyclic) bond motifs is 1. The summed E-state index contributed by atoms with van der Waals surface area (Å²) in [6, 6.07) is 17.9. The number of anilines is 1. The lowest BCUT2D eigenvalue weighted by molar-refractivity contribution is -0.113. The molecule has 0 aliphatic carbocycles. The van der Waals surface area contributed by atoms with E-state index >= 15 is 0 Å². The van der Waals surface area contributed by atoms with Crippen molar-refractivity contribution >= 4 is 56.5 Å². The summed E-state index contributed by atoms with van der Waals surface area (Å²) in [4.78, 5) is 17.5. The summed E-state index contributed by atoms with van der Waals surface area (Å²) in [5.74, 6) is 1.53. The second kappa shape index (κ2) is 12.0. The van der Waals surface area contributed by atoms with Crippen LogP contribution in [0.3, 0.4) is 0 Å². The molecule has 0 fully saturated rings. The Hall–Kier alpha value is -3.40. The van der Waals surface area contributed by atoms with Gasteiger partial charge in [-0.3, -0.25) is 4.79 Å². The zero-order valence-corrected chi connectivity index (χ0v) is 25.4. The predicted octanol–water partition coefficient (Wildman–Crippen LogP) is 8.02. The molecule has 3 aromatic carbocycles. The van der Waals surface area contributed by atoms with Gasteiger partial charge in [-0.15, -0.1) is 21.5 Å². The summed E-state index contributed by atoms with van der Waals surface area (Å²) in [5, 5.41) is 14.1. The number of benzene rings is 3. The average molecular weight is 592 g/mol. The number of nitrogens with one attached hydrogen (secondary N) is 1. The minimum Gasteiger partial charge on any atom is -0.483 e. The second-order valence-electron chi connectivity index (χ2n) is 9.62. The van der Waals surface area contributed by atoms with Crippen molar-refractivity contribution in [3.8, 4) is 16.3 Å². The average Bonchev–Trinajstić information content (AvgIpc) is 3.54. The lowest BCUT2D eigenvalue weighted by Crippen LogP contribution is -2.15. The van der Waals surface area contributed by atoms with E-state index in [4.69, 9.17) is 21.3 Å². The van der Waals surface area contributed by atoms with Crippen LogP contribution in [0.2, 0.25) is 5.02 Å². The molecular formula is C30H30ClN5O2S2. The fourth-order valence-corrected chi connectivity index (χ4v) is 6.40. The van der Waals surface area contributed by atoms with E-state index in [0.29, 0.717) is 17.5 Å². The zero-order valence-electron chi connectivity index (χ0n) is 23.0. The number of hydrogen-bond acceptors (Lipinski definition) is 7. The number of rotatable bonds is 9. The van der Waals surface area contributed by atoms with Crippen LogP contribution in [-0.2, 0) is 11.3 Å². The third kappa shape index (κ3) is 6.16. The summed E-state index contributed by atoms with van der Waals surface area (Å²) >= 11 is 9.31. The molecule has 1 atom stereocenters. The smallest absolute Gasteiger partial charge is 0.234 e. The maximum Gasteiger partial charge on any atom is 0.234 e. The highest BCUT2D eigenvalue weighted by Gasteiger charge is 2.20. The predicted molar refractivity (Wildman–Crippen MR) is 165 cm³/mol. The highest BCUT2D eigenvalue weighted by molar-refractivity contribution is 7.99. The molecular weight excluding hydrogens is 562 g/mol. The molecule has 0 aliphatic heterocycles. The van der Waals surface area contributed by atoms with E-state index in [1.54, 1.807) is 11.3 Å². The van der Waals surface area contributed by atoms with Gasteiger partial charge in [-0.25, -0.2) is 4.98 Å². The van der Waals surface area contributed by atoms with Crippen LogP contribution in [0.25, 0.3) is 20.8 Å². The van der Waals surface area contributed by atoms with Gasteiger partial charge in [0.25, 0.3) is 0 Å². The first-order valence-electron chi connectivity index (χ1n) is 13.0. The molecule has 2 aromatic heterocycles. The van der Waals surface area contributed by atoms with Crippen LogP contribution in [0, 0.1) is 20.8 Å². The van der Waals surface area contributed by atoms with E-state index in [9.17, 15) is 4.79 Å². The maximum absolute atomic E-state index is 12.7. The molecule has 5 aromatic rings. The van der Waals surface area contributed by atoms with Gasteiger partial charge in [0.1, 0.15) is 10.8 Å². The number of thioether (sulfide) groups is 1. The van der Waals surface area contributed by atoms with Gasteiger partial charge in [-0.2, -0.15) is 0 Å². The zero-order chi connectivity index (χ0) is 28.4. The first-order chi connectivity index (χ1) is 19.2. The van der Waals surface area contributed by atoms with Crippen molar-refractivity contribution in [1.29, 1.82) is 0 Å². The second-order valence-corrected chi connectivity index (χ2v) is 12.0. The van der Waals surface area contributed by atoms with Gasteiger partial charge in [0, 0.05) is 22.8 Å². The quantitative estimate of drug-likeness (QED) is 0.175. The van der Waals surface area contributed by atoms with E-state index in [0.717, 1.165) is 43.7 Å². The molecule has 7 nitrogen and oxygen atoms in total. The SMILES string of the molecule is CCn1c(SCC(=O)Nc2ccc(-c3nc4ccc(C)cc4s3)cc2)nnc1C(C)Oc1cc(C)c(Cl)c(C)c1. The van der Waals surface area contributed by atoms with Gasteiger partial charge in [0.15, 0.2) is 17.1 Å². The van der Waals surface area contributed by atoms with Gasteiger partial charge in [-0.05, 0) is 99.8 Å². The minimum absolute atomic E-state index is 0.114. The summed E-state index contributed by atoms with van der Waals surface area (Å²) in [7, 11) is 0. The highest BCUT2D eigenvalue weighted by Crippen LogP contribution is 2.32. The Labute approximate surface area is 247 Å². The number of carbonyl (C=O) groups is 1. The Bertz CT molecular complexity index is 1660. The summed E-state index contributed by atoms with van der Waals surface area (Å²) < 4.78 is 9.32. The molecule has 2 heterocycles. The molecule has 1 unspecified atom stereocenters. The fraction of sp³-hybridized carbons (Fsp3) is 0.267. The Kier molecular flexibility index (Phi) is 8.44. The monoisotopic (exact) mass is 591 g/mol. The Balaban J connectivity index is 1.19. The molecule has 206 valence electrons. The molecule has 10 heteroatoms. The van der Waals surface area contributed by atoms with Gasteiger partial charge < -0.3 is 14.6 Å². The van der Waals surface area contributed by atoms with Crippen molar-refractivity contribution in [2.24, 2.45) is 0 Å². The van der Waals surface area contributed by atoms with Crippen LogP contribution in [0.1, 0.15) is 42.5 Å². The largest absolute Gasteiger partial charge is 0.483 e. The maximum atomic E-state index is 12.7. The number of amides is 1. The molecule has 5 rings (SSSR count). The van der Waals surface area contributed by atoms with Gasteiger partial charge in [-0.1, -0.05) is 29.4 Å². The lowest BCUT2D eigenvalue weighted by atomic mass is 10.1. The number of nitrogens with zero attached hydrogens (tertiary/aromatic N) is 4. The fourth-order valence-electron chi connectivity index (χ4n) is 4.41. The molecule has 0 spiro atoms. The van der Waals surface area contributed by atoms with Crippen molar-refractivity contribution in [1.82, 2.24) is 19.7 Å². The first kappa shape index (κ1) is 28.1. The van der Waals surface area contributed by atoms with Crippen molar-refractivity contribution in [2.45, 2.75) is 52.4 Å². The highest BCUT2D eigenvalue weighted by atomic mass is 35.5. The normalized spacial score (nSPS) is 12.1. The van der Waals surface area contributed by atoms with E-state index in [2.05, 4.69) is 34.6 Å². The lowest BCUT2D eigenvalue weighted by Gasteiger charge is -2.17. The van der Waals surface area contributed by atoms with E-state index in [-0.39, 0.29) is 17.8 Å². The van der Waals surface area contributed by atoms with Crippen molar-refractivity contribution in [3.05, 3.63) is 82.1 Å². The first-order valence-corrected chi connectivity index (χ1v) is 15.2. The molecule has 0 saturated carbocycles. The van der Waals surface area contributed by atoms with Crippen molar-refractivity contribution in [3.63, 3.8) is 0 Å². The van der Waals surface area contributed by atoms with Crippen LogP contribution in [0.5, 0.6) is 5.75 Å². The number of aryl methyl sites for hydroxylation is 3. The Morgan fingerprint density at radius 3 is 2.50 bits per heavy atom. The summed E-state index contributed by atoms with van der Waals surface area (Å²) in [5.41, 5.74) is 5.90. The molecule has 0 bridgehead atoms. The number of hydrogen-bond donors (Lipinski definition) is 1. The van der Waals surface area contributed by atoms with Crippen LogP contribution >= 0.6 is 34.7 Å². The van der Waals surface area contributed by atoms with E-state index < -0.39 is 0 Å². The third-order valence-electron chi connectivity index (χ3n) is 6.44. The summed E-state index contributed by atoms with van der Waals surface area (Å²) in [6.07, 6.45) is -0.325. The van der Waals surface area contributed by atoms with Gasteiger partial charge in [0.2, 0.25) is 5.91 Å². The molecule has 0 aliphatic rings. The Morgan fingerprint density at radius 1 is 1.07 bits per heavy atom. The number of ether oxygens (including phenoxy) is 1. The van der Waals surface area contributed by atoms with Gasteiger partial charge >= 0.3 is 0 Å². The number of carbonyl (C=O) groups excluding carboxylic acids is 1. The van der Waals surface area contributed by atoms with Crippen LogP contribution < -0.4 is 10.1 Å². The van der Waals surface area contributed by atoms with Gasteiger partial charge in [0.05, 0.1) is 16.0 Å². The van der Waals surface area contributed by atoms with Crippen LogP contribution in [0.4, 0.5) is 5.69 Å². The molecule has 0 saturated heterocycles. The minimum atomic E-state index is -0.325. The number of aromatic nitrogens is 4. The van der Waals surface area contributed by atoms with Crippen LogP contribution in [0.15, 0.2) is 59.8 Å². The topological polar surface area (TPSA) is 81.9 Å². The van der Waals surface area contributed by atoms with Crippen molar-refractivity contribution < 1.29 is 9.53 Å². The Morgan fingerprint density at radius 2 is 1.80 bits per heavy atom. The number of halogens is 1. The molecule has 1 amide bonds. The molecule has 40 heavy (non-hydrogen) atoms. The molecule has 0 radical (unpaired) electrons. The van der Waals surface area contributed by atoms with E-state index in [1.165, 1.54) is 22.0 Å². The van der Waals surface area contributed by atoms with Crippen molar-refractivity contribution in [2.75, 3.05) is 11.1 Å². The number of thiazole rings is 1.